The number of methoxy groups -OCH3 is 1. The number of nitrogens with two attached hydrogens (primary N) is 1. The van der Waals surface area contributed by atoms with E-state index in [1.54, 1.807) is 14.0 Å². The van der Waals surface area contributed by atoms with Crippen molar-refractivity contribution in [3.63, 3.8) is 0 Å². The van der Waals surface area contributed by atoms with E-state index in [1.165, 1.54) is 15.9 Å². The van der Waals surface area contributed by atoms with E-state index in [-0.39, 0.29) is 5.56 Å². The molecule has 1 unspecified atom stereocenters. The number of aryl methyl sites for hydroxylation is 1. The number of nitrogens with zero attached hydrogens (tertiary/aromatic N) is 2. The fourth-order valence-corrected chi connectivity index (χ4v) is 3.78. The minimum Gasteiger partial charge on any atom is -0.497 e. The second kappa shape index (κ2) is 6.68. The van der Waals surface area contributed by atoms with Gasteiger partial charge in [-0.25, -0.2) is 4.98 Å². The predicted molar refractivity (Wildman–Crippen MR) is 99.2 cm³/mol. The van der Waals surface area contributed by atoms with Crippen LogP contribution in [0, 0.1) is 0 Å². The Morgan fingerprint density at radius 2 is 2.20 bits per heavy atom. The Labute approximate surface area is 148 Å². The van der Waals surface area contributed by atoms with Crippen LogP contribution in [0.1, 0.15) is 25.7 Å². The largest absolute Gasteiger partial charge is 0.497 e. The zero-order chi connectivity index (χ0) is 18.1. The number of thiophene rings is 1. The summed E-state index contributed by atoms with van der Waals surface area (Å²) < 4.78 is 6.67. The SMILES string of the molecule is CCc1nc2scc(-c3cccc(OC)c3)c2c(=O)n1C(C)C(N)=O. The molecular weight excluding hydrogens is 338 g/mol. The van der Waals surface area contributed by atoms with E-state index in [9.17, 15) is 9.59 Å². The lowest BCUT2D eigenvalue weighted by Gasteiger charge is -2.16. The average Bonchev–Trinajstić information content (AvgIpc) is 3.05. The summed E-state index contributed by atoms with van der Waals surface area (Å²) in [7, 11) is 1.60. The van der Waals surface area contributed by atoms with Crippen molar-refractivity contribution in [3.05, 3.63) is 45.8 Å². The topological polar surface area (TPSA) is 87.2 Å². The van der Waals surface area contributed by atoms with Crippen molar-refractivity contribution >= 4 is 27.5 Å². The first-order valence-electron chi connectivity index (χ1n) is 7.94. The summed E-state index contributed by atoms with van der Waals surface area (Å²) in [6.45, 7) is 3.52. The van der Waals surface area contributed by atoms with Crippen LogP contribution in [-0.2, 0) is 11.2 Å². The molecule has 0 saturated heterocycles. The highest BCUT2D eigenvalue weighted by atomic mass is 32.1. The molecule has 1 atom stereocenters. The van der Waals surface area contributed by atoms with Crippen molar-refractivity contribution < 1.29 is 9.53 Å². The molecule has 0 fully saturated rings. The van der Waals surface area contributed by atoms with Crippen LogP contribution in [0.25, 0.3) is 21.3 Å². The summed E-state index contributed by atoms with van der Waals surface area (Å²) >= 11 is 1.41. The van der Waals surface area contributed by atoms with E-state index in [0.29, 0.717) is 28.2 Å². The van der Waals surface area contributed by atoms with E-state index in [2.05, 4.69) is 4.98 Å². The van der Waals surface area contributed by atoms with Gasteiger partial charge in [0.15, 0.2) is 0 Å². The molecule has 0 bridgehead atoms. The third kappa shape index (κ3) is 2.91. The van der Waals surface area contributed by atoms with Crippen LogP contribution in [0.4, 0.5) is 0 Å². The van der Waals surface area contributed by atoms with Crippen LogP contribution in [0.3, 0.4) is 0 Å². The molecule has 1 amide bonds. The summed E-state index contributed by atoms with van der Waals surface area (Å²) in [4.78, 5) is 30.1. The maximum absolute atomic E-state index is 13.2. The number of carbonyl (C=O) groups is 1. The van der Waals surface area contributed by atoms with Crippen LogP contribution in [0.15, 0.2) is 34.4 Å². The fraction of sp³-hybridized carbons (Fsp3) is 0.278. The van der Waals surface area contributed by atoms with Gasteiger partial charge in [0.2, 0.25) is 5.91 Å². The molecule has 0 saturated carbocycles. The van der Waals surface area contributed by atoms with Gasteiger partial charge in [-0.15, -0.1) is 11.3 Å². The van der Waals surface area contributed by atoms with E-state index in [4.69, 9.17) is 10.5 Å². The molecule has 7 heteroatoms. The van der Waals surface area contributed by atoms with Gasteiger partial charge in [0.05, 0.1) is 12.5 Å². The number of fused-ring (bicyclic) bond motifs is 1. The van der Waals surface area contributed by atoms with Gasteiger partial charge in [0.1, 0.15) is 22.4 Å². The molecule has 6 nitrogen and oxygen atoms in total. The number of benzene rings is 1. The molecule has 1 aromatic carbocycles. The molecule has 3 rings (SSSR count). The van der Waals surface area contributed by atoms with E-state index in [1.807, 2.05) is 36.6 Å². The number of hydrogen-bond donors (Lipinski definition) is 1. The van der Waals surface area contributed by atoms with Crippen LogP contribution >= 0.6 is 11.3 Å². The molecule has 0 aliphatic rings. The highest BCUT2D eigenvalue weighted by Crippen LogP contribution is 2.33. The lowest BCUT2D eigenvalue weighted by molar-refractivity contribution is -0.120. The van der Waals surface area contributed by atoms with Crippen LogP contribution in [-0.4, -0.2) is 22.6 Å². The monoisotopic (exact) mass is 357 g/mol. The first-order valence-corrected chi connectivity index (χ1v) is 8.82. The standard InChI is InChI=1S/C18H19N3O3S/c1-4-14-20-17-15(18(23)21(14)10(2)16(19)22)13(9-25-17)11-6-5-7-12(8-11)24-3/h5-10H,4H2,1-3H3,(H2,19,22). The van der Waals surface area contributed by atoms with Gasteiger partial charge in [-0.3, -0.25) is 14.2 Å². The summed E-state index contributed by atoms with van der Waals surface area (Å²) in [6, 6.07) is 6.75. The molecule has 0 aliphatic carbocycles. The number of carbonyl (C=O) groups excluding carboxylic acids is 1. The fourth-order valence-electron chi connectivity index (χ4n) is 2.82. The summed E-state index contributed by atoms with van der Waals surface area (Å²) in [5, 5.41) is 2.41. The van der Waals surface area contributed by atoms with Crippen LogP contribution in [0.5, 0.6) is 5.75 Å². The van der Waals surface area contributed by atoms with Gasteiger partial charge in [-0.2, -0.15) is 0 Å². The van der Waals surface area contributed by atoms with Gasteiger partial charge in [0, 0.05) is 17.4 Å². The highest BCUT2D eigenvalue weighted by molar-refractivity contribution is 7.17. The van der Waals surface area contributed by atoms with Crippen molar-refractivity contribution in [2.75, 3.05) is 7.11 Å². The molecule has 2 heterocycles. The number of ether oxygens (including phenoxy) is 1. The maximum atomic E-state index is 13.2. The van der Waals surface area contributed by atoms with Crippen LogP contribution < -0.4 is 16.0 Å². The Bertz CT molecular complexity index is 1010. The second-order valence-electron chi connectivity index (χ2n) is 5.70. The summed E-state index contributed by atoms with van der Waals surface area (Å²) in [6.07, 6.45) is 0.537. The first-order chi connectivity index (χ1) is 12.0. The van der Waals surface area contributed by atoms with Gasteiger partial charge in [0.25, 0.3) is 5.56 Å². The predicted octanol–water partition coefficient (Wildman–Crippen LogP) is 2.74. The lowest BCUT2D eigenvalue weighted by atomic mass is 10.1. The molecule has 0 spiro atoms. The number of primary amides is 1. The average molecular weight is 357 g/mol. The minimum absolute atomic E-state index is 0.243. The zero-order valence-electron chi connectivity index (χ0n) is 14.3. The normalized spacial score (nSPS) is 12.3. The van der Waals surface area contributed by atoms with Crippen molar-refractivity contribution in [2.24, 2.45) is 5.73 Å². The smallest absolute Gasteiger partial charge is 0.263 e. The summed E-state index contributed by atoms with van der Waals surface area (Å²) in [5.41, 5.74) is 6.83. The number of hydrogen-bond acceptors (Lipinski definition) is 5. The molecule has 0 aliphatic heterocycles. The third-order valence-corrected chi connectivity index (χ3v) is 5.08. The Morgan fingerprint density at radius 1 is 1.44 bits per heavy atom. The van der Waals surface area contributed by atoms with Crippen molar-refractivity contribution in [2.45, 2.75) is 26.3 Å². The summed E-state index contributed by atoms with van der Waals surface area (Å²) in [5.74, 6) is 0.708. The molecule has 130 valence electrons. The van der Waals surface area contributed by atoms with Crippen LogP contribution in [0.2, 0.25) is 0 Å². The molecular formula is C18H19N3O3S. The minimum atomic E-state index is -0.752. The molecule has 25 heavy (non-hydrogen) atoms. The number of amides is 1. The Morgan fingerprint density at radius 3 is 2.84 bits per heavy atom. The van der Waals surface area contributed by atoms with E-state index in [0.717, 1.165) is 11.1 Å². The van der Waals surface area contributed by atoms with Crippen molar-refractivity contribution in [3.8, 4) is 16.9 Å². The Balaban J connectivity index is 2.32. The van der Waals surface area contributed by atoms with E-state index < -0.39 is 11.9 Å². The van der Waals surface area contributed by atoms with E-state index >= 15 is 0 Å². The van der Waals surface area contributed by atoms with Crippen molar-refractivity contribution in [1.82, 2.24) is 9.55 Å². The molecule has 3 aromatic rings. The quantitative estimate of drug-likeness (QED) is 0.760. The van der Waals surface area contributed by atoms with Gasteiger partial charge >= 0.3 is 0 Å². The zero-order valence-corrected chi connectivity index (χ0v) is 15.1. The molecule has 2 N–H and O–H groups in total. The highest BCUT2D eigenvalue weighted by Gasteiger charge is 2.22. The number of rotatable bonds is 5. The maximum Gasteiger partial charge on any atom is 0.263 e. The lowest BCUT2D eigenvalue weighted by Crippen LogP contribution is -2.34. The molecule has 0 radical (unpaired) electrons. The Hall–Kier alpha value is -2.67. The molecule has 2 aromatic heterocycles. The first kappa shape index (κ1) is 17.2. The third-order valence-electron chi connectivity index (χ3n) is 4.21. The Kier molecular flexibility index (Phi) is 4.59. The van der Waals surface area contributed by atoms with Gasteiger partial charge in [-0.1, -0.05) is 19.1 Å². The van der Waals surface area contributed by atoms with Crippen molar-refractivity contribution in [1.29, 1.82) is 0 Å². The second-order valence-corrected chi connectivity index (χ2v) is 6.55. The van der Waals surface area contributed by atoms with Gasteiger partial charge in [-0.05, 0) is 24.6 Å². The number of aromatic nitrogens is 2. The van der Waals surface area contributed by atoms with Gasteiger partial charge < -0.3 is 10.5 Å².